The lowest BCUT2D eigenvalue weighted by Gasteiger charge is -2.30. The van der Waals surface area contributed by atoms with Gasteiger partial charge in [0.05, 0.1) is 23.7 Å². The molecule has 140 valence electrons. The first-order valence-electron chi connectivity index (χ1n) is 8.64. The number of allylic oxidation sites excluding steroid dienone is 2. The largest absolute Gasteiger partial charge is 0.463 e. The zero-order chi connectivity index (χ0) is 20.0. The van der Waals surface area contributed by atoms with E-state index in [4.69, 9.17) is 15.9 Å². The second kappa shape index (κ2) is 8.91. The maximum atomic E-state index is 12.8. The highest BCUT2D eigenvalue weighted by Crippen LogP contribution is 2.39. The van der Waals surface area contributed by atoms with Gasteiger partial charge in [-0.1, -0.05) is 30.7 Å². The van der Waals surface area contributed by atoms with Crippen LogP contribution in [-0.2, 0) is 19.1 Å². The fourth-order valence-corrected chi connectivity index (χ4v) is 3.10. The van der Waals surface area contributed by atoms with Crippen LogP contribution >= 0.6 is 0 Å². The van der Waals surface area contributed by atoms with E-state index >= 15 is 0 Å². The lowest BCUT2D eigenvalue weighted by Crippen LogP contribution is -2.32. The van der Waals surface area contributed by atoms with Crippen molar-refractivity contribution in [2.75, 3.05) is 13.2 Å². The Morgan fingerprint density at radius 3 is 2.41 bits per heavy atom. The molecule has 1 aliphatic rings. The molecular weight excluding hydrogens is 342 g/mol. The lowest BCUT2D eigenvalue weighted by atomic mass is 9.80. The molecule has 1 aromatic carbocycles. The average Bonchev–Trinajstić information content (AvgIpc) is 2.65. The Hall–Kier alpha value is -3.26. The zero-order valence-corrected chi connectivity index (χ0v) is 15.8. The maximum Gasteiger partial charge on any atom is 0.337 e. The molecular formula is C22H23NO4. The Morgan fingerprint density at radius 1 is 1.22 bits per heavy atom. The molecule has 2 rings (SSSR count). The van der Waals surface area contributed by atoms with Gasteiger partial charge in [-0.05, 0) is 38.5 Å². The lowest BCUT2D eigenvalue weighted by molar-refractivity contribution is -0.139. The number of carbonyl (C=O) groups excluding carboxylic acids is 2. The van der Waals surface area contributed by atoms with Crippen molar-refractivity contribution in [2.45, 2.75) is 26.7 Å². The van der Waals surface area contributed by atoms with Crippen molar-refractivity contribution in [3.05, 3.63) is 70.6 Å². The Bertz CT molecular complexity index is 871. The van der Waals surface area contributed by atoms with Crippen LogP contribution < -0.4 is 5.32 Å². The smallest absolute Gasteiger partial charge is 0.337 e. The first kappa shape index (κ1) is 20.1. The van der Waals surface area contributed by atoms with Crippen molar-refractivity contribution in [3.63, 3.8) is 0 Å². The quantitative estimate of drug-likeness (QED) is 0.476. The summed E-state index contributed by atoms with van der Waals surface area (Å²) in [5, 5.41) is 3.10. The van der Waals surface area contributed by atoms with Gasteiger partial charge >= 0.3 is 11.9 Å². The van der Waals surface area contributed by atoms with Crippen molar-refractivity contribution >= 4 is 11.9 Å². The molecule has 1 atom stereocenters. The molecule has 0 aromatic heterocycles. The minimum absolute atomic E-state index is 0.0736. The number of hydrogen-bond acceptors (Lipinski definition) is 5. The zero-order valence-electron chi connectivity index (χ0n) is 15.8. The Balaban J connectivity index is 2.64. The molecule has 0 amide bonds. The van der Waals surface area contributed by atoms with Gasteiger partial charge in [0, 0.05) is 17.0 Å². The number of hydrogen-bond donors (Lipinski definition) is 1. The van der Waals surface area contributed by atoms with E-state index in [2.05, 4.69) is 17.8 Å². The maximum absolute atomic E-state index is 12.8. The summed E-state index contributed by atoms with van der Waals surface area (Å²) >= 11 is 0. The fourth-order valence-electron chi connectivity index (χ4n) is 3.10. The van der Waals surface area contributed by atoms with Crippen LogP contribution in [0.5, 0.6) is 0 Å². The van der Waals surface area contributed by atoms with Gasteiger partial charge in [0.1, 0.15) is 6.61 Å². The van der Waals surface area contributed by atoms with Gasteiger partial charge in [-0.2, -0.15) is 0 Å². The summed E-state index contributed by atoms with van der Waals surface area (Å²) in [5.41, 5.74) is 3.33. The van der Waals surface area contributed by atoms with Crippen LogP contribution in [0.2, 0.25) is 0 Å². The van der Waals surface area contributed by atoms with Crippen LogP contribution in [0.25, 0.3) is 0 Å². The van der Waals surface area contributed by atoms with Crippen LogP contribution in [0.1, 0.15) is 37.8 Å². The Labute approximate surface area is 159 Å². The molecule has 5 heteroatoms. The molecule has 0 radical (unpaired) electrons. The summed E-state index contributed by atoms with van der Waals surface area (Å²) in [6.07, 6.45) is 7.02. The van der Waals surface area contributed by atoms with E-state index in [1.54, 1.807) is 39.0 Å². The second-order valence-electron chi connectivity index (χ2n) is 6.01. The number of rotatable bonds is 6. The average molecular weight is 365 g/mol. The minimum Gasteiger partial charge on any atom is -0.463 e. The monoisotopic (exact) mass is 365 g/mol. The Kier molecular flexibility index (Phi) is 6.62. The van der Waals surface area contributed by atoms with Crippen molar-refractivity contribution in [1.82, 2.24) is 5.32 Å². The van der Waals surface area contributed by atoms with E-state index in [0.717, 1.165) is 5.56 Å². The van der Waals surface area contributed by atoms with Gasteiger partial charge in [-0.25, -0.2) is 9.59 Å². The summed E-state index contributed by atoms with van der Waals surface area (Å²) in [6.45, 7) is 9.15. The molecule has 27 heavy (non-hydrogen) atoms. The van der Waals surface area contributed by atoms with Crippen LogP contribution in [0.15, 0.2) is 59.5 Å². The number of benzene rings is 1. The van der Waals surface area contributed by atoms with Gasteiger partial charge in [0.25, 0.3) is 0 Å². The van der Waals surface area contributed by atoms with E-state index in [9.17, 15) is 9.59 Å². The third kappa shape index (κ3) is 4.29. The molecule has 0 saturated carbocycles. The van der Waals surface area contributed by atoms with Crippen LogP contribution in [0.3, 0.4) is 0 Å². The molecule has 0 aliphatic carbocycles. The summed E-state index contributed by atoms with van der Waals surface area (Å²) in [6, 6.07) is 7.21. The summed E-state index contributed by atoms with van der Waals surface area (Å²) in [7, 11) is 0. The van der Waals surface area contributed by atoms with Gasteiger partial charge in [0.15, 0.2) is 0 Å². The molecule has 5 nitrogen and oxygen atoms in total. The van der Waals surface area contributed by atoms with Crippen molar-refractivity contribution in [2.24, 2.45) is 0 Å². The summed E-state index contributed by atoms with van der Waals surface area (Å²) in [5.74, 6) is 0.932. The van der Waals surface area contributed by atoms with Crippen LogP contribution in [0, 0.1) is 12.3 Å². The molecule has 0 saturated heterocycles. The molecule has 1 aliphatic heterocycles. The molecule has 1 unspecified atom stereocenters. The molecule has 0 bridgehead atoms. The fraction of sp³-hybridized carbons (Fsp3) is 0.273. The summed E-state index contributed by atoms with van der Waals surface area (Å²) < 4.78 is 10.5. The van der Waals surface area contributed by atoms with E-state index < -0.39 is 17.9 Å². The van der Waals surface area contributed by atoms with Crippen molar-refractivity contribution in [3.8, 4) is 12.3 Å². The highest BCUT2D eigenvalue weighted by atomic mass is 16.5. The highest BCUT2D eigenvalue weighted by molar-refractivity contribution is 5.99. The predicted molar refractivity (Wildman–Crippen MR) is 103 cm³/mol. The van der Waals surface area contributed by atoms with E-state index in [0.29, 0.717) is 28.1 Å². The van der Waals surface area contributed by atoms with E-state index in [1.165, 1.54) is 6.08 Å². The number of ether oxygens (including phenoxy) is 2. The van der Waals surface area contributed by atoms with Gasteiger partial charge in [0.2, 0.25) is 0 Å². The first-order valence-corrected chi connectivity index (χ1v) is 8.64. The number of dihydropyridines is 1. The third-order valence-corrected chi connectivity index (χ3v) is 4.19. The first-order chi connectivity index (χ1) is 12.9. The molecule has 1 aromatic rings. The normalized spacial score (nSPS) is 16.3. The number of carbonyl (C=O) groups is 2. The third-order valence-electron chi connectivity index (χ3n) is 4.19. The van der Waals surface area contributed by atoms with E-state index in [-0.39, 0.29) is 13.2 Å². The van der Waals surface area contributed by atoms with E-state index in [1.807, 2.05) is 6.07 Å². The molecule has 0 fully saturated rings. The molecule has 1 N–H and O–H groups in total. The number of terminal acetylenes is 1. The predicted octanol–water partition coefficient (Wildman–Crippen LogP) is 3.20. The molecule has 0 spiro atoms. The number of nitrogens with one attached hydrogen (secondary N) is 1. The van der Waals surface area contributed by atoms with Crippen molar-refractivity contribution in [1.29, 1.82) is 0 Å². The van der Waals surface area contributed by atoms with Gasteiger partial charge < -0.3 is 14.8 Å². The van der Waals surface area contributed by atoms with Crippen molar-refractivity contribution < 1.29 is 19.1 Å². The van der Waals surface area contributed by atoms with Gasteiger partial charge in [-0.15, -0.1) is 6.42 Å². The standard InChI is InChI=1S/C22H23NO4/c1-6-12-27-22(25)19-15(5)23-14(4)18(21(24)26-8-3)20(19)17-11-9-10-16(7-2)13-17/h2,6,9-11,13,20,23H,1,8,12H2,3-5H3. The summed E-state index contributed by atoms with van der Waals surface area (Å²) in [4.78, 5) is 25.4. The van der Waals surface area contributed by atoms with Crippen LogP contribution in [0.4, 0.5) is 0 Å². The molecule has 1 heterocycles. The minimum atomic E-state index is -0.643. The highest BCUT2D eigenvalue weighted by Gasteiger charge is 2.37. The second-order valence-corrected chi connectivity index (χ2v) is 6.01. The SMILES string of the molecule is C#Cc1cccc(C2C(C(=O)OCC)=C(C)NC(C)=C2C(=O)OCC=C)c1. The topological polar surface area (TPSA) is 64.6 Å². The van der Waals surface area contributed by atoms with Crippen LogP contribution in [-0.4, -0.2) is 25.2 Å². The number of esters is 2. The Morgan fingerprint density at radius 2 is 1.85 bits per heavy atom. The van der Waals surface area contributed by atoms with Gasteiger partial charge in [-0.3, -0.25) is 0 Å².